The van der Waals surface area contributed by atoms with E-state index in [1.165, 1.54) is 36.4 Å². The molecule has 0 fully saturated rings. The monoisotopic (exact) mass is 331 g/mol. The van der Waals surface area contributed by atoms with Crippen molar-refractivity contribution in [2.75, 3.05) is 7.11 Å². The number of carbonyl (C=O) groups is 2. The number of ether oxygens (including phenoxy) is 1. The van der Waals surface area contributed by atoms with E-state index in [1.807, 2.05) is 6.92 Å². The van der Waals surface area contributed by atoms with Crippen molar-refractivity contribution in [2.24, 2.45) is 0 Å². The number of carboxylic acids is 1. The van der Waals surface area contributed by atoms with E-state index in [0.29, 0.717) is 22.5 Å². The fourth-order valence-corrected chi connectivity index (χ4v) is 2.63. The maximum Gasteiger partial charge on any atom is 0.337 e. The Morgan fingerprint density at radius 3 is 2.43 bits per heavy atom. The molecule has 0 bridgehead atoms. The Balaban J connectivity index is 3.62. The molecule has 0 atom stereocenters. The number of allylic oxidation sites excluding steroid dienone is 2. The second kappa shape index (κ2) is 8.81. The Bertz CT molecular complexity index is 701. The summed E-state index contributed by atoms with van der Waals surface area (Å²) in [6.45, 7) is 5.55. The number of carbonyl (C=O) groups excluding carboxylic acids is 1. The van der Waals surface area contributed by atoms with Crippen LogP contribution in [-0.2, 0) is 4.74 Å². The van der Waals surface area contributed by atoms with E-state index in [2.05, 4.69) is 17.4 Å². The minimum atomic E-state index is -1.15. The van der Waals surface area contributed by atoms with Crippen LogP contribution in [0.2, 0.25) is 0 Å². The zero-order valence-electron chi connectivity index (χ0n) is 13.0. The van der Waals surface area contributed by atoms with Crippen molar-refractivity contribution in [1.82, 2.24) is 0 Å². The fraction of sp³-hybridized carbons (Fsp3) is 0.235. The first-order chi connectivity index (χ1) is 11.0. The van der Waals surface area contributed by atoms with Gasteiger partial charge in [0, 0.05) is 0 Å². The van der Waals surface area contributed by atoms with Crippen molar-refractivity contribution >= 4 is 29.3 Å². The van der Waals surface area contributed by atoms with E-state index in [1.54, 1.807) is 6.07 Å². The molecule has 1 aromatic carbocycles. The minimum absolute atomic E-state index is 0.0302. The SMILES string of the molecule is C=CS/C(C#N)=C(\CCC)c1cc(C(=O)O)cc(C(=O)OC)c1. The number of rotatable bonds is 7. The minimum Gasteiger partial charge on any atom is -0.478 e. The highest BCUT2D eigenvalue weighted by Gasteiger charge is 2.16. The lowest BCUT2D eigenvalue weighted by Gasteiger charge is -2.12. The first-order valence-electron chi connectivity index (χ1n) is 6.86. The molecule has 0 amide bonds. The van der Waals surface area contributed by atoms with Crippen molar-refractivity contribution < 1.29 is 19.4 Å². The standard InChI is InChI=1S/C17H17NO4S/c1-4-6-14(15(10-18)23-5-2)11-7-12(16(19)20)9-13(8-11)17(21)22-3/h5,7-9H,2,4,6H2,1,3H3,(H,19,20)/b15-14+. The molecule has 0 spiro atoms. The van der Waals surface area contributed by atoms with Crippen LogP contribution in [0.5, 0.6) is 0 Å². The zero-order chi connectivity index (χ0) is 17.4. The Kier molecular flexibility index (Phi) is 7.10. The highest BCUT2D eigenvalue weighted by Crippen LogP contribution is 2.32. The summed E-state index contributed by atoms with van der Waals surface area (Å²) >= 11 is 1.17. The van der Waals surface area contributed by atoms with Gasteiger partial charge in [-0.2, -0.15) is 5.26 Å². The summed E-state index contributed by atoms with van der Waals surface area (Å²) in [5.74, 6) is -1.78. The van der Waals surface area contributed by atoms with Crippen LogP contribution >= 0.6 is 11.8 Å². The van der Waals surface area contributed by atoms with Crippen LogP contribution in [0.1, 0.15) is 46.0 Å². The van der Waals surface area contributed by atoms with Gasteiger partial charge in [0.25, 0.3) is 0 Å². The quantitative estimate of drug-likeness (QED) is 0.598. The zero-order valence-corrected chi connectivity index (χ0v) is 13.8. The summed E-state index contributed by atoms with van der Waals surface area (Å²) in [5.41, 5.74) is 1.32. The molecule has 0 unspecified atom stereocenters. The topological polar surface area (TPSA) is 87.4 Å². The summed E-state index contributed by atoms with van der Waals surface area (Å²) in [5, 5.41) is 20.1. The smallest absolute Gasteiger partial charge is 0.337 e. The lowest BCUT2D eigenvalue weighted by atomic mass is 9.96. The number of carboxylic acid groups (broad SMARTS) is 1. The lowest BCUT2D eigenvalue weighted by molar-refractivity contribution is 0.0600. The van der Waals surface area contributed by atoms with Gasteiger partial charge in [-0.15, -0.1) is 0 Å². The highest BCUT2D eigenvalue weighted by molar-refractivity contribution is 8.06. The molecular formula is C17H17NO4S. The van der Waals surface area contributed by atoms with Crippen LogP contribution < -0.4 is 0 Å². The van der Waals surface area contributed by atoms with Crippen molar-refractivity contribution in [3.05, 3.63) is 51.8 Å². The molecule has 0 aliphatic rings. The lowest BCUT2D eigenvalue weighted by Crippen LogP contribution is -2.06. The van der Waals surface area contributed by atoms with E-state index >= 15 is 0 Å². The van der Waals surface area contributed by atoms with E-state index in [0.717, 1.165) is 6.42 Å². The molecule has 5 nitrogen and oxygen atoms in total. The summed E-state index contributed by atoms with van der Waals surface area (Å²) in [6.07, 6.45) is 1.34. The van der Waals surface area contributed by atoms with Gasteiger partial charge in [-0.05, 0) is 41.2 Å². The van der Waals surface area contributed by atoms with Gasteiger partial charge >= 0.3 is 11.9 Å². The first kappa shape index (κ1) is 18.5. The maximum atomic E-state index is 11.8. The van der Waals surface area contributed by atoms with Crippen molar-refractivity contribution in [2.45, 2.75) is 19.8 Å². The van der Waals surface area contributed by atoms with Crippen LogP contribution in [0.25, 0.3) is 5.57 Å². The summed E-state index contributed by atoms with van der Waals surface area (Å²) in [4.78, 5) is 23.5. The molecule has 6 heteroatoms. The van der Waals surface area contributed by atoms with Gasteiger partial charge in [-0.25, -0.2) is 9.59 Å². The van der Waals surface area contributed by atoms with Crippen LogP contribution in [0, 0.1) is 11.3 Å². The predicted octanol–water partition coefficient (Wildman–Crippen LogP) is 4.08. The van der Waals surface area contributed by atoms with Gasteiger partial charge in [0.1, 0.15) is 6.07 Å². The average Bonchev–Trinajstić information content (AvgIpc) is 2.56. The molecule has 0 saturated carbocycles. The van der Waals surface area contributed by atoms with E-state index in [-0.39, 0.29) is 11.1 Å². The van der Waals surface area contributed by atoms with Gasteiger partial charge in [-0.1, -0.05) is 31.7 Å². The Morgan fingerprint density at radius 2 is 1.96 bits per heavy atom. The Labute approximate surface area is 139 Å². The second-order valence-corrected chi connectivity index (χ2v) is 5.53. The number of aromatic carboxylic acids is 1. The summed E-state index contributed by atoms with van der Waals surface area (Å²) in [6, 6.07) is 6.37. The van der Waals surface area contributed by atoms with Crippen LogP contribution in [0.3, 0.4) is 0 Å². The number of benzene rings is 1. The van der Waals surface area contributed by atoms with Gasteiger partial charge in [0.2, 0.25) is 0 Å². The molecule has 23 heavy (non-hydrogen) atoms. The Morgan fingerprint density at radius 1 is 1.35 bits per heavy atom. The van der Waals surface area contributed by atoms with E-state index in [4.69, 9.17) is 0 Å². The third-order valence-corrected chi connectivity index (χ3v) is 3.77. The first-order valence-corrected chi connectivity index (χ1v) is 7.74. The average molecular weight is 331 g/mol. The number of nitriles is 1. The molecule has 1 rings (SSSR count). The Hall–Kier alpha value is -2.52. The van der Waals surface area contributed by atoms with Crippen LogP contribution in [0.15, 0.2) is 35.1 Å². The normalized spacial score (nSPS) is 11.2. The summed E-state index contributed by atoms with van der Waals surface area (Å²) < 4.78 is 4.67. The molecule has 0 aliphatic carbocycles. The molecule has 0 radical (unpaired) electrons. The van der Waals surface area contributed by atoms with Crippen LogP contribution in [0.4, 0.5) is 0 Å². The van der Waals surface area contributed by atoms with Crippen molar-refractivity contribution in [3.63, 3.8) is 0 Å². The van der Waals surface area contributed by atoms with E-state index in [9.17, 15) is 20.0 Å². The molecule has 1 aromatic rings. The maximum absolute atomic E-state index is 11.8. The number of nitrogens with zero attached hydrogens (tertiary/aromatic N) is 1. The third-order valence-electron chi connectivity index (χ3n) is 3.03. The van der Waals surface area contributed by atoms with Crippen LogP contribution in [-0.4, -0.2) is 24.2 Å². The number of hydrogen-bond donors (Lipinski definition) is 1. The molecule has 0 heterocycles. The molecule has 120 valence electrons. The number of esters is 1. The fourth-order valence-electron chi connectivity index (χ4n) is 2.05. The molecule has 0 aromatic heterocycles. The highest BCUT2D eigenvalue weighted by atomic mass is 32.2. The van der Waals surface area contributed by atoms with Gasteiger partial charge in [0.15, 0.2) is 0 Å². The number of thioether (sulfide) groups is 1. The molecule has 0 aliphatic heterocycles. The molecular weight excluding hydrogens is 314 g/mol. The molecule has 0 saturated heterocycles. The van der Waals surface area contributed by atoms with E-state index < -0.39 is 11.9 Å². The van der Waals surface area contributed by atoms with Crippen molar-refractivity contribution in [3.8, 4) is 6.07 Å². The number of hydrogen-bond acceptors (Lipinski definition) is 5. The second-order valence-electron chi connectivity index (χ2n) is 4.55. The van der Waals surface area contributed by atoms with Crippen molar-refractivity contribution in [1.29, 1.82) is 5.26 Å². The number of methoxy groups -OCH3 is 1. The predicted molar refractivity (Wildman–Crippen MR) is 90.0 cm³/mol. The van der Waals surface area contributed by atoms with Gasteiger partial charge in [0.05, 0.1) is 23.1 Å². The largest absolute Gasteiger partial charge is 0.478 e. The third kappa shape index (κ3) is 4.73. The van der Waals surface area contributed by atoms with Gasteiger partial charge < -0.3 is 9.84 Å². The molecule has 1 N–H and O–H groups in total. The summed E-state index contributed by atoms with van der Waals surface area (Å²) in [7, 11) is 1.23. The van der Waals surface area contributed by atoms with Gasteiger partial charge in [-0.3, -0.25) is 0 Å².